The van der Waals surface area contributed by atoms with Gasteiger partial charge in [-0.3, -0.25) is 13.9 Å². The zero-order valence-corrected chi connectivity index (χ0v) is 22.1. The first-order valence-electron chi connectivity index (χ1n) is 11.8. The van der Waals surface area contributed by atoms with Gasteiger partial charge in [0.05, 0.1) is 48.9 Å². The molecule has 0 aliphatic carbocycles. The molecule has 0 spiro atoms. The van der Waals surface area contributed by atoms with E-state index in [9.17, 15) is 18.0 Å². The van der Waals surface area contributed by atoms with Crippen molar-refractivity contribution in [1.82, 2.24) is 5.32 Å². The number of benzene rings is 3. The number of nitrogens with zero attached hydrogens (tertiary/aromatic N) is 1. The zero-order chi connectivity index (χ0) is 27.8. The lowest BCUT2D eigenvalue weighted by Gasteiger charge is -2.24. The maximum Gasteiger partial charge on any atom is 0.264 e. The van der Waals surface area contributed by atoms with Crippen LogP contribution in [0.25, 0.3) is 0 Å². The molecule has 2 amide bonds. The Balaban J connectivity index is 1.58. The second-order valence-corrected chi connectivity index (χ2v) is 10.1. The van der Waals surface area contributed by atoms with E-state index < -0.39 is 28.4 Å². The molecule has 11 heteroatoms. The maximum atomic E-state index is 13.7. The Morgan fingerprint density at radius 1 is 0.872 bits per heavy atom. The zero-order valence-electron chi connectivity index (χ0n) is 21.3. The molecule has 1 heterocycles. The highest BCUT2D eigenvalue weighted by Crippen LogP contribution is 2.32. The average Bonchev–Trinajstić information content (AvgIpc) is 3.48. The van der Waals surface area contributed by atoms with Crippen LogP contribution in [0.15, 0.2) is 101 Å². The van der Waals surface area contributed by atoms with Gasteiger partial charge in [-0.1, -0.05) is 30.3 Å². The van der Waals surface area contributed by atoms with Gasteiger partial charge >= 0.3 is 0 Å². The summed E-state index contributed by atoms with van der Waals surface area (Å²) in [5.74, 6) is 0.0889. The normalized spacial score (nSPS) is 10.9. The number of hydrogen-bond donors (Lipinski definition) is 2. The van der Waals surface area contributed by atoms with Gasteiger partial charge in [0.15, 0.2) is 11.5 Å². The highest BCUT2D eigenvalue weighted by molar-refractivity contribution is 7.92. The van der Waals surface area contributed by atoms with Crippen molar-refractivity contribution in [3.8, 4) is 11.5 Å². The predicted octanol–water partition coefficient (Wildman–Crippen LogP) is 4.06. The lowest BCUT2D eigenvalue weighted by molar-refractivity contribution is -0.114. The molecule has 0 saturated heterocycles. The summed E-state index contributed by atoms with van der Waals surface area (Å²) in [6.45, 7) is -0.386. The summed E-state index contributed by atoms with van der Waals surface area (Å²) in [6.07, 6.45) is 1.50. The van der Waals surface area contributed by atoms with Gasteiger partial charge in [0.25, 0.3) is 15.9 Å². The number of ether oxygens (including phenoxy) is 2. The highest BCUT2D eigenvalue weighted by Gasteiger charge is 2.28. The number of nitrogens with one attached hydrogen (secondary N) is 2. The summed E-state index contributed by atoms with van der Waals surface area (Å²) in [6, 6.07) is 22.3. The fourth-order valence-electron chi connectivity index (χ4n) is 3.80. The predicted molar refractivity (Wildman–Crippen MR) is 145 cm³/mol. The summed E-state index contributed by atoms with van der Waals surface area (Å²) >= 11 is 0. The van der Waals surface area contributed by atoms with E-state index in [2.05, 4.69) is 10.6 Å². The number of carbonyl (C=O) groups is 2. The summed E-state index contributed by atoms with van der Waals surface area (Å²) < 4.78 is 44.2. The molecule has 0 aliphatic rings. The minimum absolute atomic E-state index is 0.0884. The molecule has 0 saturated carbocycles. The van der Waals surface area contributed by atoms with Crippen LogP contribution in [0.3, 0.4) is 0 Å². The number of methoxy groups -OCH3 is 2. The van der Waals surface area contributed by atoms with Crippen LogP contribution in [-0.4, -0.2) is 41.0 Å². The third-order valence-electron chi connectivity index (χ3n) is 5.72. The van der Waals surface area contributed by atoms with Crippen molar-refractivity contribution in [2.45, 2.75) is 11.4 Å². The lowest BCUT2D eigenvalue weighted by atomic mass is 10.1. The summed E-state index contributed by atoms with van der Waals surface area (Å²) in [5.41, 5.74) is 0.731. The molecule has 0 aliphatic heterocycles. The molecule has 202 valence electrons. The Morgan fingerprint density at radius 3 is 2.28 bits per heavy atom. The molecule has 1 aromatic heterocycles. The van der Waals surface area contributed by atoms with E-state index in [4.69, 9.17) is 13.9 Å². The van der Waals surface area contributed by atoms with E-state index in [1.54, 1.807) is 66.7 Å². The van der Waals surface area contributed by atoms with E-state index in [1.165, 1.54) is 38.7 Å². The van der Waals surface area contributed by atoms with Gasteiger partial charge in [-0.15, -0.1) is 0 Å². The summed E-state index contributed by atoms with van der Waals surface area (Å²) in [5, 5.41) is 5.41. The van der Waals surface area contributed by atoms with E-state index in [1.807, 2.05) is 0 Å². The molecular weight excluding hydrogens is 522 g/mol. The van der Waals surface area contributed by atoms with Crippen LogP contribution >= 0.6 is 0 Å². The third kappa shape index (κ3) is 6.39. The maximum absolute atomic E-state index is 13.7. The topological polar surface area (TPSA) is 127 Å². The number of carbonyl (C=O) groups excluding carboxylic acids is 2. The van der Waals surface area contributed by atoms with Crippen molar-refractivity contribution in [2.75, 3.05) is 30.4 Å². The molecule has 39 heavy (non-hydrogen) atoms. The Kier molecular flexibility index (Phi) is 8.52. The monoisotopic (exact) mass is 549 g/mol. The van der Waals surface area contributed by atoms with Gasteiger partial charge in [0.1, 0.15) is 12.3 Å². The van der Waals surface area contributed by atoms with Crippen molar-refractivity contribution < 1.29 is 31.9 Å². The van der Waals surface area contributed by atoms with Crippen LogP contribution in [0.2, 0.25) is 0 Å². The molecule has 4 aromatic rings. The minimum Gasteiger partial charge on any atom is -0.493 e. The standard InChI is InChI=1S/C28H27N3O7S/c1-36-25-15-14-22(17-26(25)37-2)39(34,35)31(20-9-4-3-5-10-20)19-27(32)30-24-13-7-6-12-23(24)28(33)29-18-21-11-8-16-38-21/h3-17H,18-19H2,1-2H3,(H,29,33)(H,30,32). The number of para-hydroxylation sites is 2. The second-order valence-electron chi connectivity index (χ2n) is 8.22. The van der Waals surface area contributed by atoms with Crippen molar-refractivity contribution in [1.29, 1.82) is 0 Å². The first-order valence-corrected chi connectivity index (χ1v) is 13.3. The second kappa shape index (κ2) is 12.2. The van der Waals surface area contributed by atoms with Gasteiger partial charge < -0.3 is 24.5 Å². The van der Waals surface area contributed by atoms with Crippen molar-refractivity contribution in [3.63, 3.8) is 0 Å². The number of furan rings is 1. The first-order chi connectivity index (χ1) is 18.8. The first kappa shape index (κ1) is 27.3. The van der Waals surface area contributed by atoms with Crippen molar-refractivity contribution in [3.05, 3.63) is 103 Å². The Morgan fingerprint density at radius 2 is 1.59 bits per heavy atom. The Labute approximate surface area is 226 Å². The van der Waals surface area contributed by atoms with Gasteiger partial charge in [0.2, 0.25) is 5.91 Å². The SMILES string of the molecule is COc1ccc(S(=O)(=O)N(CC(=O)Nc2ccccc2C(=O)NCc2ccco2)c2ccccc2)cc1OC. The number of sulfonamides is 1. The van der Waals surface area contributed by atoms with Crippen LogP contribution in [-0.2, 0) is 21.4 Å². The molecule has 3 aromatic carbocycles. The molecule has 4 rings (SSSR count). The molecule has 0 unspecified atom stereocenters. The smallest absolute Gasteiger partial charge is 0.264 e. The van der Waals surface area contributed by atoms with E-state index in [0.717, 1.165) is 4.31 Å². The highest BCUT2D eigenvalue weighted by atomic mass is 32.2. The molecule has 2 N–H and O–H groups in total. The van der Waals surface area contributed by atoms with E-state index in [-0.39, 0.29) is 34.1 Å². The molecule has 0 radical (unpaired) electrons. The lowest BCUT2D eigenvalue weighted by Crippen LogP contribution is -2.38. The van der Waals surface area contributed by atoms with Crippen LogP contribution < -0.4 is 24.4 Å². The van der Waals surface area contributed by atoms with E-state index >= 15 is 0 Å². The fourth-order valence-corrected chi connectivity index (χ4v) is 5.24. The van der Waals surface area contributed by atoms with Crippen molar-refractivity contribution in [2.24, 2.45) is 0 Å². The largest absolute Gasteiger partial charge is 0.493 e. The van der Waals surface area contributed by atoms with Gasteiger partial charge in [-0.05, 0) is 48.5 Å². The number of anilines is 2. The van der Waals surface area contributed by atoms with Gasteiger partial charge in [0, 0.05) is 6.07 Å². The van der Waals surface area contributed by atoms with Crippen LogP contribution in [0.1, 0.15) is 16.1 Å². The molecular formula is C28H27N3O7S. The fraction of sp³-hybridized carbons (Fsp3) is 0.143. The molecule has 10 nitrogen and oxygen atoms in total. The van der Waals surface area contributed by atoms with Gasteiger partial charge in [-0.2, -0.15) is 0 Å². The quantitative estimate of drug-likeness (QED) is 0.289. The van der Waals surface area contributed by atoms with Crippen molar-refractivity contribution >= 4 is 33.2 Å². The number of amides is 2. The minimum atomic E-state index is -4.21. The Hall–Kier alpha value is -4.77. The Bertz CT molecular complexity index is 1540. The van der Waals surface area contributed by atoms with Crippen LogP contribution in [0.4, 0.5) is 11.4 Å². The third-order valence-corrected chi connectivity index (χ3v) is 7.49. The molecule has 0 fully saturated rings. The molecule has 0 atom stereocenters. The van der Waals surface area contributed by atoms with E-state index in [0.29, 0.717) is 11.5 Å². The molecule has 0 bridgehead atoms. The number of hydrogen-bond acceptors (Lipinski definition) is 7. The number of rotatable bonds is 11. The summed E-state index contributed by atoms with van der Waals surface area (Å²) in [4.78, 5) is 25.9. The summed E-state index contributed by atoms with van der Waals surface area (Å²) in [7, 11) is -1.36. The average molecular weight is 550 g/mol. The van der Waals surface area contributed by atoms with Crippen LogP contribution in [0.5, 0.6) is 11.5 Å². The van der Waals surface area contributed by atoms with Crippen LogP contribution in [0, 0.1) is 0 Å². The van der Waals surface area contributed by atoms with Gasteiger partial charge in [-0.25, -0.2) is 8.42 Å².